The summed E-state index contributed by atoms with van der Waals surface area (Å²) in [6, 6.07) is 0. The second kappa shape index (κ2) is 5.81. The largest absolute Gasteiger partial charge is 0.480 e. The van der Waals surface area contributed by atoms with Crippen molar-refractivity contribution in [3.8, 4) is 0 Å². The standard InChI is InChI=1S/C8H13N5O3/c9-2-1-3-10-8(16)6-4-13(12-11-6)5-7(14)15/h4H,1-3,5,9H2,(H,10,16)(H,14,15). The van der Waals surface area contributed by atoms with Crippen LogP contribution in [-0.2, 0) is 11.3 Å². The van der Waals surface area contributed by atoms with Crippen molar-refractivity contribution in [3.63, 3.8) is 0 Å². The van der Waals surface area contributed by atoms with Crippen LogP contribution in [0.25, 0.3) is 0 Å². The predicted octanol–water partition coefficient (Wildman–Crippen LogP) is -1.56. The minimum Gasteiger partial charge on any atom is -0.480 e. The van der Waals surface area contributed by atoms with E-state index in [0.717, 1.165) is 4.68 Å². The van der Waals surface area contributed by atoms with Gasteiger partial charge in [-0.25, -0.2) is 4.68 Å². The van der Waals surface area contributed by atoms with Gasteiger partial charge in [-0.05, 0) is 13.0 Å². The zero-order chi connectivity index (χ0) is 12.0. The van der Waals surface area contributed by atoms with Gasteiger partial charge in [-0.3, -0.25) is 9.59 Å². The summed E-state index contributed by atoms with van der Waals surface area (Å²) in [7, 11) is 0. The van der Waals surface area contributed by atoms with E-state index in [1.54, 1.807) is 0 Å². The van der Waals surface area contributed by atoms with Gasteiger partial charge in [0, 0.05) is 6.54 Å². The molecule has 1 aromatic rings. The Hall–Kier alpha value is -1.96. The first-order valence-electron chi connectivity index (χ1n) is 4.73. The predicted molar refractivity (Wildman–Crippen MR) is 53.7 cm³/mol. The highest BCUT2D eigenvalue weighted by Crippen LogP contribution is 1.93. The van der Waals surface area contributed by atoms with Crippen LogP contribution in [0.4, 0.5) is 0 Å². The van der Waals surface area contributed by atoms with Crippen molar-refractivity contribution in [3.05, 3.63) is 11.9 Å². The van der Waals surface area contributed by atoms with Crippen molar-refractivity contribution in [1.82, 2.24) is 20.3 Å². The lowest BCUT2D eigenvalue weighted by molar-refractivity contribution is -0.137. The van der Waals surface area contributed by atoms with Gasteiger partial charge in [-0.1, -0.05) is 5.21 Å². The van der Waals surface area contributed by atoms with Crippen LogP contribution in [0.3, 0.4) is 0 Å². The number of aromatic nitrogens is 3. The molecule has 88 valence electrons. The van der Waals surface area contributed by atoms with E-state index in [1.807, 2.05) is 0 Å². The second-order valence-corrected chi connectivity index (χ2v) is 3.09. The lowest BCUT2D eigenvalue weighted by Crippen LogP contribution is -2.26. The molecule has 16 heavy (non-hydrogen) atoms. The molecule has 4 N–H and O–H groups in total. The number of carboxylic acid groups (broad SMARTS) is 1. The van der Waals surface area contributed by atoms with Crippen LogP contribution < -0.4 is 11.1 Å². The minimum atomic E-state index is -1.04. The van der Waals surface area contributed by atoms with Gasteiger partial charge in [0.05, 0.1) is 6.20 Å². The van der Waals surface area contributed by atoms with Crippen molar-refractivity contribution >= 4 is 11.9 Å². The molecule has 1 amide bonds. The van der Waals surface area contributed by atoms with E-state index in [-0.39, 0.29) is 18.1 Å². The number of nitrogens with zero attached hydrogens (tertiary/aromatic N) is 3. The molecule has 0 aromatic carbocycles. The monoisotopic (exact) mass is 227 g/mol. The lowest BCUT2D eigenvalue weighted by atomic mass is 10.4. The Balaban J connectivity index is 2.49. The Morgan fingerprint density at radius 3 is 2.94 bits per heavy atom. The normalized spacial score (nSPS) is 10.1. The maximum absolute atomic E-state index is 11.4. The second-order valence-electron chi connectivity index (χ2n) is 3.09. The van der Waals surface area contributed by atoms with Gasteiger partial charge in [0.25, 0.3) is 5.91 Å². The Labute approximate surface area is 91.4 Å². The van der Waals surface area contributed by atoms with Gasteiger partial charge in [-0.2, -0.15) is 0 Å². The smallest absolute Gasteiger partial charge is 0.325 e. The van der Waals surface area contributed by atoms with Crippen molar-refractivity contribution in [1.29, 1.82) is 0 Å². The van der Waals surface area contributed by atoms with E-state index < -0.39 is 5.97 Å². The van der Waals surface area contributed by atoms with Crippen molar-refractivity contribution in [2.45, 2.75) is 13.0 Å². The molecule has 1 rings (SSSR count). The van der Waals surface area contributed by atoms with E-state index in [1.165, 1.54) is 6.20 Å². The third kappa shape index (κ3) is 3.65. The molecule has 0 spiro atoms. The molecular weight excluding hydrogens is 214 g/mol. The summed E-state index contributed by atoms with van der Waals surface area (Å²) in [5.41, 5.74) is 5.36. The topological polar surface area (TPSA) is 123 Å². The number of carboxylic acids is 1. The SMILES string of the molecule is NCCCNC(=O)c1cn(CC(=O)O)nn1. The molecule has 8 heteroatoms. The summed E-state index contributed by atoms with van der Waals surface area (Å²) in [5.74, 6) is -1.43. The van der Waals surface area contributed by atoms with E-state index in [9.17, 15) is 9.59 Å². The first-order chi connectivity index (χ1) is 7.63. The van der Waals surface area contributed by atoms with Crippen molar-refractivity contribution in [2.75, 3.05) is 13.1 Å². The number of hydrogen-bond acceptors (Lipinski definition) is 5. The Kier molecular flexibility index (Phi) is 4.40. The first-order valence-corrected chi connectivity index (χ1v) is 4.73. The number of carbonyl (C=O) groups excluding carboxylic acids is 1. The molecule has 0 aliphatic rings. The number of rotatable bonds is 6. The third-order valence-corrected chi connectivity index (χ3v) is 1.74. The number of nitrogens with one attached hydrogen (secondary N) is 1. The number of nitrogens with two attached hydrogens (primary N) is 1. The van der Waals surface area contributed by atoms with Crippen molar-refractivity contribution < 1.29 is 14.7 Å². The zero-order valence-corrected chi connectivity index (χ0v) is 8.59. The van der Waals surface area contributed by atoms with Crippen LogP contribution in [0, 0.1) is 0 Å². The molecule has 0 aliphatic carbocycles. The van der Waals surface area contributed by atoms with Crippen molar-refractivity contribution in [2.24, 2.45) is 5.73 Å². The number of carbonyl (C=O) groups is 2. The number of amides is 1. The van der Waals surface area contributed by atoms with Gasteiger partial charge in [0.2, 0.25) is 0 Å². The Bertz CT molecular complexity index is 376. The summed E-state index contributed by atoms with van der Waals surface area (Å²) < 4.78 is 1.08. The molecule has 0 aliphatic heterocycles. The van der Waals surface area contributed by atoms with Crippen LogP contribution >= 0.6 is 0 Å². The average Bonchev–Trinajstić information content (AvgIpc) is 2.65. The molecule has 0 fully saturated rings. The molecule has 0 atom stereocenters. The van der Waals surface area contributed by atoms with Gasteiger partial charge in [0.1, 0.15) is 6.54 Å². The Morgan fingerprint density at radius 1 is 1.56 bits per heavy atom. The quantitative estimate of drug-likeness (QED) is 0.505. The summed E-state index contributed by atoms with van der Waals surface area (Å²) in [6.45, 7) is 0.635. The molecule has 8 nitrogen and oxygen atoms in total. The van der Waals surface area contributed by atoms with Gasteiger partial charge in [-0.15, -0.1) is 5.10 Å². The molecule has 0 bridgehead atoms. The third-order valence-electron chi connectivity index (χ3n) is 1.74. The Morgan fingerprint density at radius 2 is 2.31 bits per heavy atom. The number of aliphatic carboxylic acids is 1. The minimum absolute atomic E-state index is 0.0956. The molecule has 1 heterocycles. The molecule has 0 saturated carbocycles. The van der Waals surface area contributed by atoms with E-state index in [0.29, 0.717) is 19.5 Å². The maximum atomic E-state index is 11.4. The maximum Gasteiger partial charge on any atom is 0.325 e. The average molecular weight is 227 g/mol. The van der Waals surface area contributed by atoms with Gasteiger partial charge in [0.15, 0.2) is 5.69 Å². The highest BCUT2D eigenvalue weighted by Gasteiger charge is 2.10. The van der Waals surface area contributed by atoms with Crippen LogP contribution in [0.2, 0.25) is 0 Å². The van der Waals surface area contributed by atoms with Crippen LogP contribution in [0.5, 0.6) is 0 Å². The molecule has 0 unspecified atom stereocenters. The molecular formula is C8H13N5O3. The van der Waals surface area contributed by atoms with Crippen LogP contribution in [0.1, 0.15) is 16.9 Å². The summed E-state index contributed by atoms with van der Waals surface area (Å²) in [5, 5.41) is 18.1. The highest BCUT2D eigenvalue weighted by atomic mass is 16.4. The zero-order valence-electron chi connectivity index (χ0n) is 8.59. The van der Waals surface area contributed by atoms with Crippen LogP contribution in [0.15, 0.2) is 6.20 Å². The summed E-state index contributed by atoms with van der Waals surface area (Å²) >= 11 is 0. The lowest BCUT2D eigenvalue weighted by Gasteiger charge is -1.99. The summed E-state index contributed by atoms with van der Waals surface area (Å²) in [4.78, 5) is 21.8. The first kappa shape index (κ1) is 12.1. The fourth-order valence-corrected chi connectivity index (χ4v) is 1.01. The number of hydrogen-bond donors (Lipinski definition) is 3. The molecule has 1 aromatic heterocycles. The highest BCUT2D eigenvalue weighted by molar-refractivity contribution is 5.91. The van der Waals surface area contributed by atoms with E-state index >= 15 is 0 Å². The van der Waals surface area contributed by atoms with Gasteiger partial charge >= 0.3 is 5.97 Å². The fraction of sp³-hybridized carbons (Fsp3) is 0.500. The molecule has 0 saturated heterocycles. The van der Waals surface area contributed by atoms with Crippen LogP contribution in [-0.4, -0.2) is 45.1 Å². The van der Waals surface area contributed by atoms with Gasteiger partial charge < -0.3 is 16.2 Å². The molecule has 0 radical (unpaired) electrons. The van der Waals surface area contributed by atoms with E-state index in [4.69, 9.17) is 10.8 Å². The fourth-order valence-electron chi connectivity index (χ4n) is 1.01. The summed E-state index contributed by atoms with van der Waals surface area (Å²) in [6.07, 6.45) is 1.96. The van der Waals surface area contributed by atoms with E-state index in [2.05, 4.69) is 15.6 Å².